The third kappa shape index (κ3) is 23.8. The van der Waals surface area contributed by atoms with Crippen LogP contribution in [0.25, 0.3) is 32.7 Å². The number of halogens is 3. The Kier molecular flexibility index (Phi) is 32.3. The van der Waals surface area contributed by atoms with Crippen molar-refractivity contribution in [1.82, 2.24) is 24.8 Å². The average molecular weight is 1660 g/mol. The third-order valence-corrected chi connectivity index (χ3v) is 22.6. The molecular weight excluding hydrogens is 1560 g/mol. The van der Waals surface area contributed by atoms with E-state index in [4.69, 9.17) is 15.0 Å². The number of hydrogen-bond donors (Lipinski definition) is 2. The zero-order valence-corrected chi connectivity index (χ0v) is 70.1. The first-order chi connectivity index (χ1) is 51.1. The van der Waals surface area contributed by atoms with E-state index in [1.165, 1.54) is 16.5 Å². The molecule has 0 aliphatic heterocycles. The van der Waals surface area contributed by atoms with Crippen molar-refractivity contribution in [3.63, 3.8) is 0 Å². The molecule has 9 aromatic carbocycles. The van der Waals surface area contributed by atoms with Crippen LogP contribution in [-0.2, 0) is 17.6 Å². The summed E-state index contributed by atoms with van der Waals surface area (Å²) in [7, 11) is 15.0. The predicted octanol–water partition coefficient (Wildman–Crippen LogP) is 23.0. The van der Waals surface area contributed by atoms with E-state index < -0.39 is 11.2 Å². The number of hydrogen-bond acceptors (Lipinski definition) is 11. The van der Waals surface area contributed by atoms with Crippen molar-refractivity contribution in [2.45, 2.75) is 102 Å². The van der Waals surface area contributed by atoms with Gasteiger partial charge in [0.15, 0.2) is 5.78 Å². The second kappa shape index (κ2) is 41.1. The number of thioether (sulfide) groups is 3. The maximum absolute atomic E-state index is 12.8. The largest absolute Gasteiger partial charge is 0.384 e. The van der Waals surface area contributed by atoms with Gasteiger partial charge in [0, 0.05) is 59.8 Å². The lowest BCUT2D eigenvalue weighted by Gasteiger charge is -2.39. The lowest BCUT2D eigenvalue weighted by molar-refractivity contribution is -0.870. The number of unbranched alkanes of at least 4 members (excludes halogenated alkanes) is 3. The summed E-state index contributed by atoms with van der Waals surface area (Å²) in [5, 5.41) is 31.8. The first-order valence-corrected chi connectivity index (χ1v) is 42.4. The van der Waals surface area contributed by atoms with Gasteiger partial charge in [-0.1, -0.05) is 230 Å². The molecule has 12 rings (SSSR count). The molecule has 106 heavy (non-hydrogen) atoms. The number of nitrogens with zero attached hydrogens (tertiary/aromatic N) is 6. The van der Waals surface area contributed by atoms with Crippen molar-refractivity contribution in [2.75, 3.05) is 87.7 Å². The maximum atomic E-state index is 12.8. The van der Waals surface area contributed by atoms with Gasteiger partial charge in [0.05, 0.1) is 49.3 Å². The second-order valence-corrected chi connectivity index (χ2v) is 33.7. The van der Waals surface area contributed by atoms with Crippen LogP contribution in [-0.4, -0.2) is 133 Å². The third-order valence-electron chi connectivity index (χ3n) is 19.0. The van der Waals surface area contributed by atoms with Gasteiger partial charge in [-0.3, -0.25) is 4.79 Å². The summed E-state index contributed by atoms with van der Waals surface area (Å²) in [6.45, 7) is 3.13. The van der Waals surface area contributed by atoms with Gasteiger partial charge in [0.1, 0.15) is 21.3 Å². The van der Waals surface area contributed by atoms with E-state index in [0.29, 0.717) is 19.3 Å². The summed E-state index contributed by atoms with van der Waals surface area (Å²) in [5.74, 6) is -0.262. The Labute approximate surface area is 668 Å². The van der Waals surface area contributed by atoms with E-state index in [-0.39, 0.29) is 17.6 Å². The molecule has 3 aromatic heterocycles. The number of quaternary nitrogens is 1. The summed E-state index contributed by atoms with van der Waals surface area (Å²) in [6, 6.07) is 86.6. The van der Waals surface area contributed by atoms with Gasteiger partial charge in [-0.25, -0.2) is 15.0 Å². The molecule has 0 saturated carbocycles. The monoisotopic (exact) mass is 1660 g/mol. The van der Waals surface area contributed by atoms with E-state index >= 15 is 0 Å². The molecule has 0 spiro atoms. The number of aliphatic hydroxyl groups is 2. The highest BCUT2D eigenvalue weighted by Gasteiger charge is 2.43. The van der Waals surface area contributed by atoms with Crippen molar-refractivity contribution in [3.8, 4) is 0 Å². The molecule has 0 aliphatic carbocycles. The van der Waals surface area contributed by atoms with E-state index in [1.807, 2.05) is 103 Å². The zero-order chi connectivity index (χ0) is 75.6. The second-order valence-electron chi connectivity index (χ2n) is 28.6. The number of Topliss-reactive ketones (excluding diaryl/α,β-unsaturated/α-hetero) is 1. The average Bonchev–Trinajstić information content (AvgIpc) is 0.755. The highest BCUT2D eigenvalue weighted by molar-refractivity contribution is 9.11. The number of fused-ring (bicyclic) bond motifs is 3. The van der Waals surface area contributed by atoms with Crippen molar-refractivity contribution >= 4 is 122 Å². The van der Waals surface area contributed by atoms with Crippen LogP contribution in [0.1, 0.15) is 124 Å². The van der Waals surface area contributed by atoms with Crippen LogP contribution in [0.4, 0.5) is 0 Å². The number of pyridine rings is 3. The minimum absolute atomic E-state index is 0.259. The number of rotatable bonds is 29. The molecule has 0 amide bonds. The SMILES string of the molecule is CN(C)CCCCC(=O)c1ccccc1.CSc1nc2ccc(Br)cc2cc1C(c1ccccc1)C(O)(CCCCN(C)C)c1ccccc1.CSc1nc2ccc(Br)cc2cc1C(c1ccccc1)C(O)(CCCC[N+](C)(C)C)c1ccccc1.CSc1nc2ccc(Br)cc2cc1Cc1ccccc1. The van der Waals surface area contributed by atoms with Crippen molar-refractivity contribution < 1.29 is 19.5 Å². The molecule has 4 atom stereocenters. The fraction of sp³-hybridized carbons (Fsp3) is 0.297. The molecular formula is C91H102Br3N6O3S3+. The van der Waals surface area contributed by atoms with Gasteiger partial charge in [0.25, 0.3) is 0 Å². The Balaban J connectivity index is 0.000000172. The zero-order valence-electron chi connectivity index (χ0n) is 62.9. The van der Waals surface area contributed by atoms with Gasteiger partial charge in [0.2, 0.25) is 0 Å². The minimum Gasteiger partial charge on any atom is -0.384 e. The molecule has 0 aliphatic rings. The Morgan fingerprint density at radius 1 is 0.434 bits per heavy atom. The van der Waals surface area contributed by atoms with Gasteiger partial charge in [-0.05, 0) is 229 Å². The van der Waals surface area contributed by atoms with Crippen LogP contribution in [0.15, 0.2) is 283 Å². The lowest BCUT2D eigenvalue weighted by Crippen LogP contribution is -2.37. The summed E-state index contributed by atoms with van der Waals surface area (Å²) in [5.41, 5.74) is 10.5. The van der Waals surface area contributed by atoms with Crippen LogP contribution in [0.3, 0.4) is 0 Å². The normalized spacial score (nSPS) is 13.2. The Bertz CT molecular complexity index is 4700. The quantitative estimate of drug-likeness (QED) is 0.0203. The van der Waals surface area contributed by atoms with Gasteiger partial charge < -0.3 is 24.5 Å². The summed E-state index contributed by atoms with van der Waals surface area (Å²) >= 11 is 15.8. The number of carbonyl (C=O) groups is 1. The molecule has 9 nitrogen and oxygen atoms in total. The summed E-state index contributed by atoms with van der Waals surface area (Å²) < 4.78 is 4.06. The van der Waals surface area contributed by atoms with E-state index in [2.05, 4.69) is 277 Å². The van der Waals surface area contributed by atoms with Crippen molar-refractivity contribution in [2.24, 2.45) is 0 Å². The van der Waals surface area contributed by atoms with Crippen LogP contribution >= 0.6 is 83.1 Å². The minimum atomic E-state index is -1.08. The Hall–Kier alpha value is -6.83. The van der Waals surface area contributed by atoms with Crippen molar-refractivity contribution in [3.05, 3.63) is 318 Å². The highest BCUT2D eigenvalue weighted by atomic mass is 79.9. The van der Waals surface area contributed by atoms with E-state index in [9.17, 15) is 15.0 Å². The number of aromatic nitrogens is 3. The fourth-order valence-corrected chi connectivity index (χ4v) is 16.6. The molecule has 3 heterocycles. The van der Waals surface area contributed by atoms with E-state index in [0.717, 1.165) is 164 Å². The molecule has 0 fully saturated rings. The first kappa shape index (κ1) is 83.2. The van der Waals surface area contributed by atoms with Crippen LogP contribution < -0.4 is 0 Å². The molecule has 4 unspecified atom stereocenters. The van der Waals surface area contributed by atoms with Gasteiger partial charge in [-0.2, -0.15) is 0 Å². The van der Waals surface area contributed by atoms with Crippen LogP contribution in [0.2, 0.25) is 0 Å². The molecule has 2 N–H and O–H groups in total. The molecule has 15 heteroatoms. The lowest BCUT2D eigenvalue weighted by atomic mass is 9.71. The fourth-order valence-electron chi connectivity index (χ4n) is 13.7. The Morgan fingerprint density at radius 2 is 0.792 bits per heavy atom. The number of benzene rings is 9. The smallest absolute Gasteiger partial charge is 0.162 e. The molecule has 0 saturated heterocycles. The topological polar surface area (TPSA) is 103 Å². The Morgan fingerprint density at radius 3 is 1.19 bits per heavy atom. The van der Waals surface area contributed by atoms with E-state index in [1.54, 1.807) is 35.3 Å². The van der Waals surface area contributed by atoms with Crippen molar-refractivity contribution in [1.29, 1.82) is 0 Å². The number of ketones is 1. The first-order valence-electron chi connectivity index (χ1n) is 36.4. The molecule has 12 aromatic rings. The standard InChI is InChI=1S/C31H36BrN2OS.C30H33BrN2OS.C17H14BrNS.C13H19NO/c1-34(2,3)20-12-11-19-31(35,25-15-9-6-10-16-25)29(23-13-7-5-8-14-23)27-22-24-21-26(32)17-18-28(24)33-30(27)36-4;1-33(2)19-11-10-18-30(34,24-14-8-5-9-15-24)28(22-12-6-4-7-13-22)26-21-23-20-25(31)16-17-27(23)32-29(26)35-3;1-20-17-14(9-12-5-3-2-4-6-12)10-13-11-15(18)7-8-16(13)19-17;1-14(2)11-7-6-10-13(15)12-8-4-3-5-9-12/h5-10,13-18,21-22,29,35H,11-12,19-20H2,1-4H3;4-9,12-17,20-21,28,34H,10-11,18-19H2,1-3H3;2-8,10-11H,9H2,1H3;3-5,8-9H,6-7,10-11H2,1-2H3/q+1;;;. The van der Waals surface area contributed by atoms with Crippen LogP contribution in [0, 0.1) is 0 Å². The highest BCUT2D eigenvalue weighted by Crippen LogP contribution is 2.50. The molecule has 552 valence electrons. The number of carbonyl (C=O) groups excluding carboxylic acids is 1. The van der Waals surface area contributed by atoms with Crippen LogP contribution in [0.5, 0.6) is 0 Å². The van der Waals surface area contributed by atoms with Gasteiger partial charge in [-0.15, -0.1) is 35.3 Å². The molecule has 0 bridgehead atoms. The summed E-state index contributed by atoms with van der Waals surface area (Å²) in [4.78, 5) is 30.9. The maximum Gasteiger partial charge on any atom is 0.162 e. The summed E-state index contributed by atoms with van der Waals surface area (Å²) in [6.07, 6.45) is 15.2. The molecule has 0 radical (unpaired) electrons. The predicted molar refractivity (Wildman–Crippen MR) is 463 cm³/mol. The van der Waals surface area contributed by atoms with Gasteiger partial charge >= 0.3 is 0 Å².